The minimum atomic E-state index is -3.49. The summed E-state index contributed by atoms with van der Waals surface area (Å²) in [6.45, 7) is 3.91. The minimum Gasteiger partial charge on any atom is -0.495 e. The smallest absolute Gasteiger partial charge is 0.232 e. The molecule has 0 aromatic heterocycles. The summed E-state index contributed by atoms with van der Waals surface area (Å²) >= 11 is 6.11. The largest absolute Gasteiger partial charge is 0.495 e. The molecule has 0 unspecified atom stereocenters. The predicted octanol–water partition coefficient (Wildman–Crippen LogP) is 2.50. The van der Waals surface area contributed by atoms with E-state index in [1.54, 1.807) is 18.2 Å². The number of ether oxygens (including phenoxy) is 1. The van der Waals surface area contributed by atoms with Crippen molar-refractivity contribution >= 4 is 33.2 Å². The molecule has 7 nitrogen and oxygen atoms in total. The molecule has 1 aromatic carbocycles. The normalized spacial score (nSPS) is 15.2. The van der Waals surface area contributed by atoms with Crippen molar-refractivity contribution < 1.29 is 17.9 Å². The number of methoxy groups -OCH3 is 1. The molecule has 158 valence electrons. The van der Waals surface area contributed by atoms with Crippen LogP contribution < -0.4 is 14.4 Å². The van der Waals surface area contributed by atoms with E-state index in [0.717, 1.165) is 25.9 Å². The second-order valence-corrected chi connectivity index (χ2v) is 9.32. The number of benzene rings is 1. The maximum atomic E-state index is 12.2. The fourth-order valence-corrected chi connectivity index (χ4v) is 4.51. The molecule has 0 bridgehead atoms. The first-order valence-electron chi connectivity index (χ1n) is 9.61. The summed E-state index contributed by atoms with van der Waals surface area (Å²) in [5.74, 6) is 0.421. The van der Waals surface area contributed by atoms with Crippen LogP contribution in [0.4, 0.5) is 5.69 Å². The highest BCUT2D eigenvalue weighted by molar-refractivity contribution is 7.92. The van der Waals surface area contributed by atoms with Crippen molar-refractivity contribution in [2.75, 3.05) is 50.4 Å². The standard InChI is InChI=1S/C19H30ClN3O4S/c1-27-18-9-8-16(15-17(18)20)23(28(2,25)26)13-6-7-19(24)21-10-14-22-11-4-3-5-12-22/h8-9,15H,3-7,10-14H2,1-2H3,(H,21,24). The van der Waals surface area contributed by atoms with Crippen LogP contribution in [0.5, 0.6) is 5.75 Å². The van der Waals surface area contributed by atoms with Crippen LogP contribution in [0.2, 0.25) is 5.02 Å². The molecular formula is C19H30ClN3O4S. The first kappa shape index (κ1) is 22.8. The Morgan fingerprint density at radius 1 is 1.29 bits per heavy atom. The zero-order valence-electron chi connectivity index (χ0n) is 16.6. The van der Waals surface area contributed by atoms with Crippen LogP contribution in [0.1, 0.15) is 32.1 Å². The van der Waals surface area contributed by atoms with Gasteiger partial charge in [0.05, 0.1) is 24.1 Å². The molecule has 1 aliphatic rings. The van der Waals surface area contributed by atoms with E-state index in [-0.39, 0.29) is 18.9 Å². The number of halogens is 1. The fraction of sp³-hybridized carbons (Fsp3) is 0.632. The molecule has 0 atom stereocenters. The zero-order chi connectivity index (χ0) is 20.6. The van der Waals surface area contributed by atoms with Gasteiger partial charge in [-0.1, -0.05) is 18.0 Å². The molecule has 0 radical (unpaired) electrons. The van der Waals surface area contributed by atoms with Gasteiger partial charge >= 0.3 is 0 Å². The van der Waals surface area contributed by atoms with Crippen molar-refractivity contribution in [3.8, 4) is 5.75 Å². The number of carbonyl (C=O) groups is 1. The summed E-state index contributed by atoms with van der Waals surface area (Å²) in [7, 11) is -1.99. The minimum absolute atomic E-state index is 0.0572. The van der Waals surface area contributed by atoms with Crippen LogP contribution in [0, 0.1) is 0 Å². The number of hydrogen-bond donors (Lipinski definition) is 1. The molecule has 0 aliphatic carbocycles. The van der Waals surface area contributed by atoms with E-state index in [0.29, 0.717) is 29.4 Å². The van der Waals surface area contributed by atoms with E-state index in [1.165, 1.54) is 30.7 Å². The van der Waals surface area contributed by atoms with Crippen molar-refractivity contribution in [1.29, 1.82) is 0 Å². The summed E-state index contributed by atoms with van der Waals surface area (Å²) in [6, 6.07) is 4.83. The molecule has 1 heterocycles. The van der Waals surface area contributed by atoms with Gasteiger partial charge in [0.2, 0.25) is 15.9 Å². The Hall–Kier alpha value is -1.51. The van der Waals surface area contributed by atoms with Crippen molar-refractivity contribution in [1.82, 2.24) is 10.2 Å². The number of carbonyl (C=O) groups excluding carboxylic acids is 1. The third-order valence-corrected chi connectivity index (χ3v) is 6.28. The summed E-state index contributed by atoms with van der Waals surface area (Å²) in [6.07, 6.45) is 5.58. The summed E-state index contributed by atoms with van der Waals surface area (Å²) in [5.41, 5.74) is 0.457. The van der Waals surface area contributed by atoms with Crippen LogP contribution in [0.15, 0.2) is 18.2 Å². The van der Waals surface area contributed by atoms with Crippen LogP contribution in [0.3, 0.4) is 0 Å². The van der Waals surface area contributed by atoms with E-state index in [4.69, 9.17) is 16.3 Å². The Morgan fingerprint density at radius 2 is 2.00 bits per heavy atom. The van der Waals surface area contributed by atoms with E-state index in [1.807, 2.05) is 0 Å². The zero-order valence-corrected chi connectivity index (χ0v) is 18.2. The van der Waals surface area contributed by atoms with Crippen molar-refractivity contribution in [3.63, 3.8) is 0 Å². The first-order chi connectivity index (χ1) is 13.3. The van der Waals surface area contributed by atoms with E-state index in [9.17, 15) is 13.2 Å². The lowest BCUT2D eigenvalue weighted by molar-refractivity contribution is -0.121. The lowest BCUT2D eigenvalue weighted by Crippen LogP contribution is -2.38. The van der Waals surface area contributed by atoms with Gasteiger partial charge in [-0.3, -0.25) is 9.10 Å². The summed E-state index contributed by atoms with van der Waals surface area (Å²) < 4.78 is 30.7. The number of sulfonamides is 1. The Balaban J connectivity index is 1.81. The number of hydrogen-bond acceptors (Lipinski definition) is 5. The van der Waals surface area contributed by atoms with E-state index >= 15 is 0 Å². The molecular weight excluding hydrogens is 402 g/mol. The number of nitrogens with zero attached hydrogens (tertiary/aromatic N) is 2. The summed E-state index contributed by atoms with van der Waals surface area (Å²) in [5, 5.41) is 3.26. The third-order valence-electron chi connectivity index (χ3n) is 4.79. The molecule has 1 amide bonds. The Morgan fingerprint density at radius 3 is 2.61 bits per heavy atom. The van der Waals surface area contributed by atoms with E-state index < -0.39 is 10.0 Å². The molecule has 1 saturated heterocycles. The van der Waals surface area contributed by atoms with Gasteiger partial charge in [0.25, 0.3) is 0 Å². The number of piperidine rings is 1. The van der Waals surface area contributed by atoms with Crippen LogP contribution in [0.25, 0.3) is 0 Å². The van der Waals surface area contributed by atoms with Crippen LogP contribution in [-0.2, 0) is 14.8 Å². The topological polar surface area (TPSA) is 79.0 Å². The molecule has 9 heteroatoms. The quantitative estimate of drug-likeness (QED) is 0.615. The first-order valence-corrected chi connectivity index (χ1v) is 11.8. The fourth-order valence-electron chi connectivity index (χ4n) is 3.30. The Bertz CT molecular complexity index is 752. The number of likely N-dealkylation sites (tertiary alicyclic amines) is 1. The predicted molar refractivity (Wildman–Crippen MR) is 113 cm³/mol. The van der Waals surface area contributed by atoms with E-state index in [2.05, 4.69) is 10.2 Å². The molecule has 2 rings (SSSR count). The van der Waals surface area contributed by atoms with Gasteiger partial charge < -0.3 is 15.0 Å². The highest BCUT2D eigenvalue weighted by Crippen LogP contribution is 2.30. The van der Waals surface area contributed by atoms with Gasteiger partial charge in [0.15, 0.2) is 0 Å². The van der Waals surface area contributed by atoms with Gasteiger partial charge in [-0.25, -0.2) is 8.42 Å². The molecule has 1 aliphatic heterocycles. The van der Waals surface area contributed by atoms with Gasteiger partial charge in [-0.05, 0) is 50.6 Å². The molecule has 0 saturated carbocycles. The maximum absolute atomic E-state index is 12.2. The van der Waals surface area contributed by atoms with Crippen LogP contribution in [-0.4, -0.2) is 65.3 Å². The number of rotatable bonds is 10. The molecule has 1 fully saturated rings. The SMILES string of the molecule is COc1ccc(N(CCCC(=O)NCCN2CCCCC2)S(C)(=O)=O)cc1Cl. The van der Waals surface area contributed by atoms with Crippen molar-refractivity contribution in [2.45, 2.75) is 32.1 Å². The van der Waals surface area contributed by atoms with Gasteiger partial charge in [-0.15, -0.1) is 0 Å². The number of amides is 1. The molecule has 1 aromatic rings. The van der Waals surface area contributed by atoms with Crippen LogP contribution >= 0.6 is 11.6 Å². The Labute approximate surface area is 173 Å². The Kier molecular flexibility index (Phi) is 8.85. The average Bonchev–Trinajstić information content (AvgIpc) is 2.65. The van der Waals surface area contributed by atoms with Gasteiger partial charge in [0, 0.05) is 26.1 Å². The third kappa shape index (κ3) is 7.14. The number of nitrogens with one attached hydrogen (secondary N) is 1. The van der Waals surface area contributed by atoms with Gasteiger partial charge in [-0.2, -0.15) is 0 Å². The molecule has 1 N–H and O–H groups in total. The second kappa shape index (κ2) is 10.9. The lowest BCUT2D eigenvalue weighted by atomic mass is 10.1. The highest BCUT2D eigenvalue weighted by Gasteiger charge is 2.19. The second-order valence-electron chi connectivity index (χ2n) is 7.01. The number of anilines is 1. The highest BCUT2D eigenvalue weighted by atomic mass is 35.5. The van der Waals surface area contributed by atoms with Crippen molar-refractivity contribution in [2.24, 2.45) is 0 Å². The lowest BCUT2D eigenvalue weighted by Gasteiger charge is -2.26. The summed E-state index contributed by atoms with van der Waals surface area (Å²) in [4.78, 5) is 14.4. The maximum Gasteiger partial charge on any atom is 0.232 e. The van der Waals surface area contributed by atoms with Crippen molar-refractivity contribution in [3.05, 3.63) is 23.2 Å². The average molecular weight is 432 g/mol. The monoisotopic (exact) mass is 431 g/mol. The molecule has 28 heavy (non-hydrogen) atoms. The van der Waals surface area contributed by atoms with Gasteiger partial charge in [0.1, 0.15) is 5.75 Å². The molecule has 0 spiro atoms.